The average Bonchev–Trinajstić information content (AvgIpc) is 3.20. The van der Waals surface area contributed by atoms with Crippen LogP contribution in [-0.2, 0) is 4.79 Å². The first-order valence-electron chi connectivity index (χ1n) is 10.6. The van der Waals surface area contributed by atoms with Gasteiger partial charge >= 0.3 is 5.97 Å². The second kappa shape index (κ2) is 10.9. The van der Waals surface area contributed by atoms with Crippen molar-refractivity contribution in [3.63, 3.8) is 0 Å². The number of hydrogen-bond donors (Lipinski definition) is 2. The van der Waals surface area contributed by atoms with Crippen molar-refractivity contribution >= 4 is 57.0 Å². The van der Waals surface area contributed by atoms with Gasteiger partial charge in [-0.3, -0.25) is 9.59 Å². The van der Waals surface area contributed by atoms with Gasteiger partial charge in [0.25, 0.3) is 11.8 Å². The predicted molar refractivity (Wildman–Crippen MR) is 137 cm³/mol. The molecule has 0 bridgehead atoms. The van der Waals surface area contributed by atoms with Gasteiger partial charge in [0.05, 0.1) is 17.8 Å². The van der Waals surface area contributed by atoms with Crippen molar-refractivity contribution in [1.29, 1.82) is 0 Å². The first-order chi connectivity index (χ1) is 16.9. The van der Waals surface area contributed by atoms with Crippen molar-refractivity contribution in [2.24, 2.45) is 5.10 Å². The molecule has 0 radical (unpaired) electrons. The summed E-state index contributed by atoms with van der Waals surface area (Å²) in [6, 6.07) is 21.3. The SMILES string of the molecule is Cc1ccccc1C(=O)NCC(=O)N/N=C\c1cccc(OC(=O)c2sc3ccccc3c2Cl)c1. The second-order valence-electron chi connectivity index (χ2n) is 7.49. The number of ether oxygens (including phenoxy) is 1. The Balaban J connectivity index is 1.32. The molecule has 0 unspecified atom stereocenters. The highest BCUT2D eigenvalue weighted by Gasteiger charge is 2.19. The summed E-state index contributed by atoms with van der Waals surface area (Å²) >= 11 is 7.63. The smallest absolute Gasteiger partial charge is 0.355 e. The fraction of sp³-hybridized carbons (Fsp3) is 0.0769. The summed E-state index contributed by atoms with van der Waals surface area (Å²) in [6.07, 6.45) is 1.41. The van der Waals surface area contributed by atoms with Crippen LogP contribution in [0.4, 0.5) is 0 Å². The summed E-state index contributed by atoms with van der Waals surface area (Å²) in [5.74, 6) is -1.06. The number of esters is 1. The number of hydrazone groups is 1. The number of hydrogen-bond acceptors (Lipinski definition) is 6. The highest BCUT2D eigenvalue weighted by Crippen LogP contribution is 2.35. The highest BCUT2D eigenvalue weighted by atomic mass is 35.5. The van der Waals surface area contributed by atoms with E-state index in [1.54, 1.807) is 36.4 Å². The second-order valence-corrected chi connectivity index (χ2v) is 8.92. The van der Waals surface area contributed by atoms with Crippen LogP contribution in [-0.4, -0.2) is 30.5 Å². The van der Waals surface area contributed by atoms with Gasteiger partial charge in [0.2, 0.25) is 0 Å². The number of aryl methyl sites for hydroxylation is 1. The number of rotatable bonds is 7. The van der Waals surface area contributed by atoms with E-state index in [-0.39, 0.29) is 12.5 Å². The van der Waals surface area contributed by atoms with Crippen molar-refractivity contribution in [1.82, 2.24) is 10.7 Å². The lowest BCUT2D eigenvalue weighted by Gasteiger charge is -2.06. The van der Waals surface area contributed by atoms with Crippen molar-refractivity contribution in [2.75, 3.05) is 6.54 Å². The van der Waals surface area contributed by atoms with Crippen LogP contribution >= 0.6 is 22.9 Å². The van der Waals surface area contributed by atoms with Gasteiger partial charge in [0, 0.05) is 15.6 Å². The zero-order valence-corrected chi connectivity index (χ0v) is 20.2. The Hall–Kier alpha value is -4.01. The Bertz CT molecular complexity index is 1450. The molecular formula is C26H20ClN3O4S. The van der Waals surface area contributed by atoms with Crippen molar-refractivity contribution in [3.05, 3.63) is 99.4 Å². The fourth-order valence-corrected chi connectivity index (χ4v) is 4.64. The molecule has 1 heterocycles. The van der Waals surface area contributed by atoms with E-state index >= 15 is 0 Å². The van der Waals surface area contributed by atoms with Gasteiger partial charge in [-0.05, 0) is 42.3 Å². The van der Waals surface area contributed by atoms with Crippen LogP contribution in [0.1, 0.15) is 31.2 Å². The van der Waals surface area contributed by atoms with Crippen molar-refractivity contribution in [3.8, 4) is 5.75 Å². The minimum atomic E-state index is -0.553. The zero-order valence-electron chi connectivity index (χ0n) is 18.6. The van der Waals surface area contributed by atoms with Crippen LogP contribution in [0.25, 0.3) is 10.1 Å². The molecule has 176 valence electrons. The van der Waals surface area contributed by atoms with E-state index in [1.807, 2.05) is 43.3 Å². The average molecular weight is 506 g/mol. The van der Waals surface area contributed by atoms with E-state index in [0.717, 1.165) is 15.6 Å². The number of thiophene rings is 1. The lowest BCUT2D eigenvalue weighted by atomic mass is 10.1. The summed E-state index contributed by atoms with van der Waals surface area (Å²) in [5.41, 5.74) is 4.28. The van der Waals surface area contributed by atoms with Crippen LogP contribution in [0.3, 0.4) is 0 Å². The molecule has 4 rings (SSSR count). The van der Waals surface area contributed by atoms with Crippen LogP contribution < -0.4 is 15.5 Å². The summed E-state index contributed by atoms with van der Waals surface area (Å²) < 4.78 is 6.39. The maximum Gasteiger partial charge on any atom is 0.355 e. The lowest BCUT2D eigenvalue weighted by molar-refractivity contribution is -0.120. The van der Waals surface area contributed by atoms with E-state index in [2.05, 4.69) is 15.8 Å². The van der Waals surface area contributed by atoms with Gasteiger partial charge in [0.1, 0.15) is 10.6 Å². The molecular weight excluding hydrogens is 486 g/mol. The Kier molecular flexibility index (Phi) is 7.54. The molecule has 7 nitrogen and oxygen atoms in total. The van der Waals surface area contributed by atoms with Gasteiger partial charge in [0.15, 0.2) is 0 Å². The van der Waals surface area contributed by atoms with Crippen LogP contribution in [0, 0.1) is 6.92 Å². The number of halogens is 1. The van der Waals surface area contributed by atoms with Crippen molar-refractivity contribution in [2.45, 2.75) is 6.92 Å². The Morgan fingerprint density at radius 3 is 2.60 bits per heavy atom. The standard InChI is InChI=1S/C26H20ClN3O4S/c1-16-7-2-3-10-19(16)25(32)28-15-22(31)30-29-14-17-8-6-9-18(13-17)34-26(33)24-23(27)20-11-4-5-12-21(20)35-24/h2-14H,15H2,1H3,(H,28,32)(H,30,31)/b29-14-. The summed E-state index contributed by atoms with van der Waals surface area (Å²) in [6.45, 7) is 1.60. The number of fused-ring (bicyclic) bond motifs is 1. The van der Waals surface area contributed by atoms with E-state index in [4.69, 9.17) is 16.3 Å². The Morgan fingerprint density at radius 2 is 1.80 bits per heavy atom. The number of benzene rings is 3. The number of carbonyl (C=O) groups is 3. The first-order valence-corrected chi connectivity index (χ1v) is 11.8. The minimum absolute atomic E-state index is 0.224. The van der Waals surface area contributed by atoms with Crippen molar-refractivity contribution < 1.29 is 19.1 Å². The largest absolute Gasteiger partial charge is 0.422 e. The van der Waals surface area contributed by atoms with Crippen LogP contribution in [0.15, 0.2) is 77.9 Å². The van der Waals surface area contributed by atoms with Gasteiger partial charge in [-0.1, -0.05) is 60.1 Å². The summed E-state index contributed by atoms with van der Waals surface area (Å²) in [5, 5.41) is 7.62. The molecule has 4 aromatic rings. The summed E-state index contributed by atoms with van der Waals surface area (Å²) in [7, 11) is 0. The zero-order chi connectivity index (χ0) is 24.8. The lowest BCUT2D eigenvalue weighted by Crippen LogP contribution is -2.35. The van der Waals surface area contributed by atoms with Gasteiger partial charge in [-0.25, -0.2) is 10.2 Å². The maximum absolute atomic E-state index is 12.6. The fourth-order valence-electron chi connectivity index (χ4n) is 3.26. The molecule has 2 amide bonds. The molecule has 9 heteroatoms. The number of carbonyl (C=O) groups excluding carboxylic acids is 3. The minimum Gasteiger partial charge on any atom is -0.422 e. The third-order valence-corrected chi connectivity index (χ3v) is 6.65. The summed E-state index contributed by atoms with van der Waals surface area (Å²) in [4.78, 5) is 37.2. The van der Waals surface area contributed by atoms with Crippen LogP contribution in [0.5, 0.6) is 5.75 Å². The predicted octanol–water partition coefficient (Wildman–Crippen LogP) is 4.96. The van der Waals surface area contributed by atoms with E-state index in [9.17, 15) is 14.4 Å². The molecule has 1 aromatic heterocycles. The normalized spacial score (nSPS) is 10.9. The topological polar surface area (TPSA) is 96.9 Å². The van der Waals surface area contributed by atoms with E-state index in [0.29, 0.717) is 26.8 Å². The number of amides is 2. The van der Waals surface area contributed by atoms with Gasteiger partial charge in [-0.2, -0.15) is 5.10 Å². The molecule has 0 spiro atoms. The molecule has 0 saturated heterocycles. The third kappa shape index (κ3) is 5.92. The monoisotopic (exact) mass is 505 g/mol. The number of nitrogens with zero attached hydrogens (tertiary/aromatic N) is 1. The molecule has 35 heavy (non-hydrogen) atoms. The maximum atomic E-state index is 12.6. The Morgan fingerprint density at radius 1 is 1.03 bits per heavy atom. The molecule has 0 fully saturated rings. The Labute approximate surface area is 210 Å². The van der Waals surface area contributed by atoms with Gasteiger partial charge < -0.3 is 10.1 Å². The first kappa shape index (κ1) is 24.1. The molecule has 0 saturated carbocycles. The molecule has 2 N–H and O–H groups in total. The van der Waals surface area contributed by atoms with E-state index in [1.165, 1.54) is 17.6 Å². The van der Waals surface area contributed by atoms with E-state index < -0.39 is 11.9 Å². The molecule has 0 atom stereocenters. The quantitative estimate of drug-likeness (QED) is 0.160. The number of nitrogens with one attached hydrogen (secondary N) is 2. The molecule has 0 aliphatic rings. The highest BCUT2D eigenvalue weighted by molar-refractivity contribution is 7.21. The third-order valence-electron chi connectivity index (χ3n) is 4.99. The van der Waals surface area contributed by atoms with Crippen LogP contribution in [0.2, 0.25) is 5.02 Å². The van der Waals surface area contributed by atoms with Gasteiger partial charge in [-0.15, -0.1) is 11.3 Å². The molecule has 3 aromatic carbocycles. The molecule has 0 aliphatic heterocycles. The molecule has 0 aliphatic carbocycles.